The molecule has 0 aromatic carbocycles. The molecule has 0 bridgehead atoms. The first-order valence-electron chi connectivity index (χ1n) is 5.74. The maximum Gasteiger partial charge on any atom is 0.120 e. The lowest BCUT2D eigenvalue weighted by Crippen LogP contribution is -2.29. The van der Waals surface area contributed by atoms with Crippen molar-refractivity contribution < 1.29 is 9.53 Å². The largest absolute Gasteiger partial charge is 0.375 e. The molecule has 2 heteroatoms. The van der Waals surface area contributed by atoms with Gasteiger partial charge in [0.2, 0.25) is 0 Å². The summed E-state index contributed by atoms with van der Waals surface area (Å²) in [6.07, 6.45) is 2.69. The van der Waals surface area contributed by atoms with Gasteiger partial charge in [0.25, 0.3) is 0 Å². The lowest BCUT2D eigenvalue weighted by Gasteiger charge is -2.31. The van der Waals surface area contributed by atoms with Crippen LogP contribution in [0.4, 0.5) is 0 Å². The van der Waals surface area contributed by atoms with Crippen LogP contribution in [-0.4, -0.2) is 18.5 Å². The van der Waals surface area contributed by atoms with E-state index in [1.165, 1.54) is 0 Å². The van der Waals surface area contributed by atoms with Gasteiger partial charge in [-0.05, 0) is 38.5 Å². The van der Waals surface area contributed by atoms with E-state index in [0.29, 0.717) is 12.3 Å². The Morgan fingerprint density at radius 1 is 1.20 bits per heavy atom. The van der Waals surface area contributed by atoms with E-state index in [1.807, 2.05) is 0 Å². The average Bonchev–Trinajstić information content (AvgIpc) is 1.99. The molecule has 2 nitrogen and oxygen atoms in total. The van der Waals surface area contributed by atoms with Crippen molar-refractivity contribution in [3.8, 4) is 0 Å². The smallest absolute Gasteiger partial charge is 0.120 e. The number of aldehydes is 1. The first kappa shape index (κ1) is 14.6. The molecule has 0 rings (SSSR count). The van der Waals surface area contributed by atoms with Crippen molar-refractivity contribution in [2.75, 3.05) is 6.61 Å². The van der Waals surface area contributed by atoms with Crippen LogP contribution in [0.1, 0.15) is 54.4 Å². The van der Waals surface area contributed by atoms with Gasteiger partial charge in [0.15, 0.2) is 0 Å². The molecule has 0 aromatic rings. The molecule has 0 fully saturated rings. The van der Waals surface area contributed by atoms with Crippen LogP contribution in [0.3, 0.4) is 0 Å². The van der Waals surface area contributed by atoms with E-state index in [-0.39, 0.29) is 11.0 Å². The van der Waals surface area contributed by atoms with Gasteiger partial charge in [0, 0.05) is 6.42 Å². The summed E-state index contributed by atoms with van der Waals surface area (Å²) in [6, 6.07) is 0. The Bertz CT molecular complexity index is 189. The fourth-order valence-corrected chi connectivity index (χ4v) is 1.66. The summed E-state index contributed by atoms with van der Waals surface area (Å²) < 4.78 is 5.78. The number of ether oxygens (including phenoxy) is 1. The standard InChI is InChI=1S/C13H26O2/c1-11(7-8-14)9-13(5,6)10-15-12(2,3)4/h8,11H,7,9-10H2,1-6H3. The third kappa shape index (κ3) is 8.61. The Labute approximate surface area is 94.4 Å². The van der Waals surface area contributed by atoms with Gasteiger partial charge in [-0.1, -0.05) is 20.8 Å². The fraction of sp³-hybridized carbons (Fsp3) is 0.923. The maximum atomic E-state index is 10.4. The molecule has 0 heterocycles. The summed E-state index contributed by atoms with van der Waals surface area (Å²) in [4.78, 5) is 10.4. The van der Waals surface area contributed by atoms with Crippen LogP contribution in [0.5, 0.6) is 0 Å². The molecule has 0 radical (unpaired) electrons. The van der Waals surface area contributed by atoms with Crippen LogP contribution in [-0.2, 0) is 9.53 Å². The minimum absolute atomic E-state index is 0.0782. The second-order valence-corrected chi connectivity index (χ2v) is 6.28. The van der Waals surface area contributed by atoms with E-state index in [1.54, 1.807) is 0 Å². The zero-order valence-corrected chi connectivity index (χ0v) is 11.1. The maximum absolute atomic E-state index is 10.4. The molecule has 0 aliphatic heterocycles. The SMILES string of the molecule is CC(CC=O)CC(C)(C)COC(C)(C)C. The molecule has 0 aliphatic carbocycles. The van der Waals surface area contributed by atoms with Crippen molar-refractivity contribution in [1.29, 1.82) is 0 Å². The summed E-state index contributed by atoms with van der Waals surface area (Å²) in [5.74, 6) is 0.445. The molecule has 1 atom stereocenters. The Morgan fingerprint density at radius 3 is 2.13 bits per heavy atom. The average molecular weight is 214 g/mol. The van der Waals surface area contributed by atoms with Crippen LogP contribution in [0.15, 0.2) is 0 Å². The Balaban J connectivity index is 4.01. The number of carbonyl (C=O) groups is 1. The highest BCUT2D eigenvalue weighted by Crippen LogP contribution is 2.28. The summed E-state index contributed by atoms with van der Waals surface area (Å²) in [5.41, 5.74) is 0.0703. The van der Waals surface area contributed by atoms with E-state index in [2.05, 4.69) is 41.5 Å². The second-order valence-electron chi connectivity index (χ2n) is 6.28. The van der Waals surface area contributed by atoms with Crippen LogP contribution in [0.25, 0.3) is 0 Å². The van der Waals surface area contributed by atoms with E-state index < -0.39 is 0 Å². The quantitative estimate of drug-likeness (QED) is 0.633. The van der Waals surface area contributed by atoms with Gasteiger partial charge in [-0.25, -0.2) is 0 Å². The van der Waals surface area contributed by atoms with E-state index in [0.717, 1.165) is 19.3 Å². The number of carbonyl (C=O) groups excluding carboxylic acids is 1. The third-order valence-corrected chi connectivity index (χ3v) is 2.30. The van der Waals surface area contributed by atoms with Crippen LogP contribution < -0.4 is 0 Å². The molecule has 0 saturated heterocycles. The summed E-state index contributed by atoms with van der Waals surface area (Å²) in [7, 11) is 0. The van der Waals surface area contributed by atoms with E-state index >= 15 is 0 Å². The highest BCUT2D eigenvalue weighted by Gasteiger charge is 2.24. The van der Waals surface area contributed by atoms with Crippen LogP contribution >= 0.6 is 0 Å². The fourth-order valence-electron chi connectivity index (χ4n) is 1.66. The molecule has 0 saturated carbocycles. The molecule has 0 N–H and O–H groups in total. The lowest BCUT2D eigenvalue weighted by molar-refractivity contribution is -0.109. The van der Waals surface area contributed by atoms with Crippen molar-refractivity contribution in [3.63, 3.8) is 0 Å². The van der Waals surface area contributed by atoms with Crippen LogP contribution in [0.2, 0.25) is 0 Å². The van der Waals surface area contributed by atoms with E-state index in [9.17, 15) is 4.79 Å². The zero-order valence-electron chi connectivity index (χ0n) is 11.1. The van der Waals surface area contributed by atoms with Crippen molar-refractivity contribution in [2.45, 2.75) is 60.0 Å². The summed E-state index contributed by atoms with van der Waals surface area (Å²) >= 11 is 0. The molecule has 0 aliphatic rings. The molecular weight excluding hydrogens is 188 g/mol. The minimum Gasteiger partial charge on any atom is -0.375 e. The van der Waals surface area contributed by atoms with Gasteiger partial charge < -0.3 is 9.53 Å². The molecule has 15 heavy (non-hydrogen) atoms. The van der Waals surface area contributed by atoms with Gasteiger partial charge in [0.1, 0.15) is 6.29 Å². The Hall–Kier alpha value is -0.370. The Kier molecular flexibility index (Phi) is 5.50. The molecule has 0 spiro atoms. The van der Waals surface area contributed by atoms with Crippen molar-refractivity contribution in [1.82, 2.24) is 0 Å². The van der Waals surface area contributed by atoms with Gasteiger partial charge in [-0.2, -0.15) is 0 Å². The predicted molar refractivity (Wildman–Crippen MR) is 63.9 cm³/mol. The highest BCUT2D eigenvalue weighted by molar-refractivity contribution is 5.49. The number of hydrogen-bond donors (Lipinski definition) is 0. The Morgan fingerprint density at radius 2 is 1.73 bits per heavy atom. The van der Waals surface area contributed by atoms with E-state index in [4.69, 9.17) is 4.74 Å². The molecule has 90 valence electrons. The van der Waals surface area contributed by atoms with Gasteiger partial charge in [0.05, 0.1) is 12.2 Å². The van der Waals surface area contributed by atoms with Gasteiger partial charge >= 0.3 is 0 Å². The zero-order chi connectivity index (χ0) is 12.1. The van der Waals surface area contributed by atoms with Gasteiger partial charge in [-0.3, -0.25) is 0 Å². The third-order valence-electron chi connectivity index (χ3n) is 2.30. The van der Waals surface area contributed by atoms with Crippen molar-refractivity contribution in [2.24, 2.45) is 11.3 Å². The first-order valence-corrected chi connectivity index (χ1v) is 5.74. The molecule has 1 unspecified atom stereocenters. The first-order chi connectivity index (χ1) is 6.66. The minimum atomic E-state index is -0.0782. The van der Waals surface area contributed by atoms with Crippen molar-refractivity contribution in [3.05, 3.63) is 0 Å². The molecular formula is C13H26O2. The molecule has 0 aromatic heterocycles. The topological polar surface area (TPSA) is 26.3 Å². The lowest BCUT2D eigenvalue weighted by atomic mass is 9.83. The number of hydrogen-bond acceptors (Lipinski definition) is 2. The predicted octanol–water partition coefficient (Wildman–Crippen LogP) is 3.44. The normalized spacial score (nSPS) is 15.1. The van der Waals surface area contributed by atoms with Crippen molar-refractivity contribution >= 4 is 6.29 Å². The number of rotatable bonds is 6. The monoisotopic (exact) mass is 214 g/mol. The summed E-state index contributed by atoms with van der Waals surface area (Å²) in [6.45, 7) is 13.5. The summed E-state index contributed by atoms with van der Waals surface area (Å²) in [5, 5.41) is 0. The highest BCUT2D eigenvalue weighted by atomic mass is 16.5. The van der Waals surface area contributed by atoms with Crippen LogP contribution in [0, 0.1) is 11.3 Å². The van der Waals surface area contributed by atoms with Gasteiger partial charge in [-0.15, -0.1) is 0 Å². The molecule has 0 amide bonds. The second kappa shape index (κ2) is 5.64.